The fraction of sp³-hybridized carbons (Fsp3) is 0.600. The van der Waals surface area contributed by atoms with Crippen LogP contribution in [0.4, 0.5) is 0 Å². The third kappa shape index (κ3) is 2.31. The Balaban J connectivity index is 1.94. The summed E-state index contributed by atoms with van der Waals surface area (Å²) < 4.78 is 2.10. The first-order valence-corrected chi connectivity index (χ1v) is 5.67. The van der Waals surface area contributed by atoms with Crippen molar-refractivity contribution in [3.05, 3.63) is 18.2 Å². The van der Waals surface area contributed by atoms with E-state index in [4.69, 9.17) is 11.6 Å². The molecule has 1 aromatic heterocycles. The van der Waals surface area contributed by atoms with Crippen LogP contribution in [-0.4, -0.2) is 27.9 Å². The maximum Gasteiger partial charge on any atom is 0.223 e. The Labute approximate surface area is 93.6 Å². The van der Waals surface area contributed by atoms with E-state index < -0.39 is 0 Å². The zero-order valence-electron chi connectivity index (χ0n) is 8.45. The number of halogens is 1. The Morgan fingerprint density at radius 1 is 1.73 bits per heavy atom. The highest BCUT2D eigenvalue weighted by Crippen LogP contribution is 2.19. The molecule has 1 aromatic rings. The van der Waals surface area contributed by atoms with Crippen LogP contribution in [0.5, 0.6) is 0 Å². The molecule has 15 heavy (non-hydrogen) atoms. The fourth-order valence-corrected chi connectivity index (χ4v) is 2.00. The van der Waals surface area contributed by atoms with Crippen LogP contribution < -0.4 is 5.32 Å². The van der Waals surface area contributed by atoms with E-state index >= 15 is 0 Å². The van der Waals surface area contributed by atoms with Crippen LogP contribution in [0, 0.1) is 5.92 Å². The summed E-state index contributed by atoms with van der Waals surface area (Å²) in [6.45, 7) is 1.43. The summed E-state index contributed by atoms with van der Waals surface area (Å²) in [4.78, 5) is 15.8. The molecule has 0 fully saturated rings. The van der Waals surface area contributed by atoms with Crippen LogP contribution in [0.15, 0.2) is 12.5 Å². The quantitative estimate of drug-likeness (QED) is 0.777. The van der Waals surface area contributed by atoms with Crippen molar-refractivity contribution in [1.82, 2.24) is 14.9 Å². The molecule has 0 spiro atoms. The molecule has 0 saturated heterocycles. The van der Waals surface area contributed by atoms with Gasteiger partial charge in [0.2, 0.25) is 5.91 Å². The van der Waals surface area contributed by atoms with Gasteiger partial charge in [-0.05, 0) is 6.42 Å². The third-order valence-corrected chi connectivity index (χ3v) is 2.93. The average Bonchev–Trinajstić information content (AvgIpc) is 2.72. The monoisotopic (exact) mass is 227 g/mol. The zero-order valence-corrected chi connectivity index (χ0v) is 9.20. The van der Waals surface area contributed by atoms with Gasteiger partial charge in [-0.25, -0.2) is 4.98 Å². The van der Waals surface area contributed by atoms with E-state index in [1.165, 1.54) is 0 Å². The van der Waals surface area contributed by atoms with E-state index in [0.717, 1.165) is 25.1 Å². The standard InChI is InChI=1S/C10H14ClN3O/c11-2-3-13-10(15)8-1-4-14-7-12-6-9(14)5-8/h6-8H,1-5H2,(H,13,15). The van der Waals surface area contributed by atoms with Gasteiger partial charge in [0.25, 0.3) is 0 Å². The van der Waals surface area contributed by atoms with Crippen molar-refractivity contribution in [3.8, 4) is 0 Å². The molecule has 0 bridgehead atoms. The second-order valence-electron chi connectivity index (χ2n) is 3.75. The smallest absolute Gasteiger partial charge is 0.223 e. The summed E-state index contributed by atoms with van der Waals surface area (Å²) in [6.07, 6.45) is 5.33. The van der Waals surface area contributed by atoms with Gasteiger partial charge in [-0.3, -0.25) is 4.79 Å². The van der Waals surface area contributed by atoms with E-state index in [1.807, 2.05) is 12.5 Å². The van der Waals surface area contributed by atoms with Gasteiger partial charge in [-0.1, -0.05) is 0 Å². The van der Waals surface area contributed by atoms with Gasteiger partial charge in [0.15, 0.2) is 0 Å². The number of imidazole rings is 1. The number of carbonyl (C=O) groups is 1. The SMILES string of the molecule is O=C(NCCCl)C1CCn2cncc2C1. The topological polar surface area (TPSA) is 46.9 Å². The van der Waals surface area contributed by atoms with Crippen molar-refractivity contribution < 1.29 is 4.79 Å². The second kappa shape index (κ2) is 4.66. The molecule has 1 unspecified atom stereocenters. The molecular formula is C10H14ClN3O. The molecular weight excluding hydrogens is 214 g/mol. The minimum absolute atomic E-state index is 0.0809. The van der Waals surface area contributed by atoms with Crippen LogP contribution in [0.2, 0.25) is 0 Å². The van der Waals surface area contributed by atoms with Crippen LogP contribution in [-0.2, 0) is 17.8 Å². The number of fused-ring (bicyclic) bond motifs is 1. The summed E-state index contributed by atoms with van der Waals surface area (Å²) in [5, 5.41) is 2.82. The van der Waals surface area contributed by atoms with Gasteiger partial charge >= 0.3 is 0 Å². The summed E-state index contributed by atoms with van der Waals surface area (Å²) in [5.74, 6) is 0.664. The van der Waals surface area contributed by atoms with Crippen LogP contribution in [0.1, 0.15) is 12.1 Å². The number of amides is 1. The zero-order chi connectivity index (χ0) is 10.7. The lowest BCUT2D eigenvalue weighted by molar-refractivity contribution is -0.125. The van der Waals surface area contributed by atoms with Gasteiger partial charge in [-0.15, -0.1) is 11.6 Å². The van der Waals surface area contributed by atoms with Crippen molar-refractivity contribution in [3.63, 3.8) is 0 Å². The minimum atomic E-state index is 0.0809. The molecule has 2 heterocycles. The number of aromatic nitrogens is 2. The summed E-state index contributed by atoms with van der Waals surface area (Å²) in [5.41, 5.74) is 1.15. The number of nitrogens with one attached hydrogen (secondary N) is 1. The highest BCUT2D eigenvalue weighted by molar-refractivity contribution is 6.18. The van der Waals surface area contributed by atoms with E-state index in [9.17, 15) is 4.79 Å². The molecule has 5 heteroatoms. The Bertz CT molecular complexity index is 350. The Hall–Kier alpha value is -1.03. The molecule has 82 valence electrons. The third-order valence-electron chi connectivity index (χ3n) is 2.74. The van der Waals surface area contributed by atoms with Crippen molar-refractivity contribution in [2.75, 3.05) is 12.4 Å². The predicted molar refractivity (Wildman–Crippen MR) is 57.8 cm³/mol. The van der Waals surface area contributed by atoms with Crippen molar-refractivity contribution in [1.29, 1.82) is 0 Å². The number of carbonyl (C=O) groups excluding carboxylic acids is 1. The predicted octanol–water partition coefficient (Wildman–Crippen LogP) is 0.800. The Morgan fingerprint density at radius 2 is 2.60 bits per heavy atom. The van der Waals surface area contributed by atoms with Crippen LogP contribution in [0.25, 0.3) is 0 Å². The molecule has 1 aliphatic heterocycles. The largest absolute Gasteiger partial charge is 0.355 e. The van der Waals surface area contributed by atoms with Crippen molar-refractivity contribution in [2.45, 2.75) is 19.4 Å². The van der Waals surface area contributed by atoms with Crippen LogP contribution >= 0.6 is 11.6 Å². The normalized spacial score (nSPS) is 19.7. The minimum Gasteiger partial charge on any atom is -0.355 e. The molecule has 0 aromatic carbocycles. The highest BCUT2D eigenvalue weighted by atomic mass is 35.5. The van der Waals surface area contributed by atoms with E-state index in [0.29, 0.717) is 12.4 Å². The van der Waals surface area contributed by atoms with E-state index in [-0.39, 0.29) is 11.8 Å². The average molecular weight is 228 g/mol. The molecule has 0 aliphatic carbocycles. The van der Waals surface area contributed by atoms with Gasteiger partial charge in [0.05, 0.1) is 6.33 Å². The number of alkyl halides is 1. The van der Waals surface area contributed by atoms with Crippen LogP contribution in [0.3, 0.4) is 0 Å². The molecule has 0 saturated carbocycles. The fourth-order valence-electron chi connectivity index (χ4n) is 1.91. The van der Waals surface area contributed by atoms with Gasteiger partial charge in [0.1, 0.15) is 0 Å². The second-order valence-corrected chi connectivity index (χ2v) is 4.13. The number of hydrogen-bond acceptors (Lipinski definition) is 2. The lowest BCUT2D eigenvalue weighted by Gasteiger charge is -2.22. The first-order chi connectivity index (χ1) is 7.31. The van der Waals surface area contributed by atoms with E-state index in [1.54, 1.807) is 0 Å². The lowest BCUT2D eigenvalue weighted by Crippen LogP contribution is -2.36. The molecule has 4 nitrogen and oxygen atoms in total. The van der Waals surface area contributed by atoms with E-state index in [2.05, 4.69) is 14.9 Å². The summed E-state index contributed by atoms with van der Waals surface area (Å²) in [7, 11) is 0. The van der Waals surface area contributed by atoms with Gasteiger partial charge in [-0.2, -0.15) is 0 Å². The van der Waals surface area contributed by atoms with Crippen molar-refractivity contribution >= 4 is 17.5 Å². The summed E-state index contributed by atoms with van der Waals surface area (Å²) in [6, 6.07) is 0. The maximum atomic E-state index is 11.7. The first kappa shape index (κ1) is 10.5. The summed E-state index contributed by atoms with van der Waals surface area (Å²) >= 11 is 5.52. The Kier molecular flexibility index (Phi) is 3.26. The molecule has 1 atom stereocenters. The Morgan fingerprint density at radius 3 is 3.40 bits per heavy atom. The number of hydrogen-bond donors (Lipinski definition) is 1. The molecule has 1 N–H and O–H groups in total. The molecule has 0 radical (unpaired) electrons. The molecule has 1 aliphatic rings. The highest BCUT2D eigenvalue weighted by Gasteiger charge is 2.24. The van der Waals surface area contributed by atoms with Gasteiger partial charge in [0, 0.05) is 43.2 Å². The molecule has 1 amide bonds. The number of nitrogens with zero attached hydrogens (tertiary/aromatic N) is 2. The lowest BCUT2D eigenvalue weighted by atomic mass is 9.95. The number of rotatable bonds is 3. The molecule has 2 rings (SSSR count). The maximum absolute atomic E-state index is 11.7. The first-order valence-electron chi connectivity index (χ1n) is 5.14. The van der Waals surface area contributed by atoms with Crippen molar-refractivity contribution in [2.24, 2.45) is 5.92 Å². The number of aryl methyl sites for hydroxylation is 1. The van der Waals surface area contributed by atoms with Gasteiger partial charge < -0.3 is 9.88 Å².